The Bertz CT molecular complexity index is 242. The Balaban J connectivity index is 2.65. The summed E-state index contributed by atoms with van der Waals surface area (Å²) in [7, 11) is 0. The molecule has 1 heterocycles. The normalized spacial score (nSPS) is 12.0. The van der Waals surface area contributed by atoms with Gasteiger partial charge in [0.05, 0.1) is 5.01 Å². The SMILES string of the molecule is Cc1nc(SC(F)(F)F)cs1. The van der Waals surface area contributed by atoms with Crippen LogP contribution < -0.4 is 0 Å². The van der Waals surface area contributed by atoms with Crippen molar-refractivity contribution in [1.29, 1.82) is 0 Å². The van der Waals surface area contributed by atoms with Crippen LogP contribution in [0.1, 0.15) is 5.01 Å². The molecule has 1 nitrogen and oxygen atoms in total. The van der Waals surface area contributed by atoms with Crippen LogP contribution in [0.4, 0.5) is 13.2 Å². The first-order valence-electron chi connectivity index (χ1n) is 2.65. The average Bonchev–Trinajstić information content (AvgIpc) is 2.10. The Morgan fingerprint density at radius 2 is 2.18 bits per heavy atom. The zero-order valence-electron chi connectivity index (χ0n) is 5.47. The summed E-state index contributed by atoms with van der Waals surface area (Å²) < 4.78 is 35.0. The van der Waals surface area contributed by atoms with E-state index in [1.54, 1.807) is 6.92 Å². The standard InChI is InChI=1S/C5H4F3NS2/c1-3-9-4(2-10-3)11-5(6,7)8/h2H,1H3. The zero-order valence-corrected chi connectivity index (χ0v) is 7.11. The van der Waals surface area contributed by atoms with Crippen LogP contribution in [0, 0.1) is 6.92 Å². The number of aryl methyl sites for hydroxylation is 1. The first-order chi connectivity index (χ1) is 4.97. The van der Waals surface area contributed by atoms with Gasteiger partial charge in [0.25, 0.3) is 0 Å². The molecule has 0 aliphatic rings. The van der Waals surface area contributed by atoms with Crippen LogP contribution in [0.3, 0.4) is 0 Å². The topological polar surface area (TPSA) is 12.9 Å². The molecule has 0 saturated heterocycles. The van der Waals surface area contributed by atoms with Gasteiger partial charge in [0.1, 0.15) is 5.03 Å². The molecule has 1 aromatic rings. The fraction of sp³-hybridized carbons (Fsp3) is 0.400. The van der Waals surface area contributed by atoms with Crippen molar-refractivity contribution in [2.24, 2.45) is 0 Å². The molecular weight excluding hydrogens is 195 g/mol. The molecule has 6 heteroatoms. The minimum Gasteiger partial charge on any atom is -0.235 e. The second-order valence-corrected chi connectivity index (χ2v) is 3.90. The summed E-state index contributed by atoms with van der Waals surface area (Å²) in [6, 6.07) is 0. The van der Waals surface area contributed by atoms with E-state index in [-0.39, 0.29) is 16.8 Å². The van der Waals surface area contributed by atoms with Crippen molar-refractivity contribution in [3.63, 3.8) is 0 Å². The van der Waals surface area contributed by atoms with E-state index in [9.17, 15) is 13.2 Å². The first kappa shape index (κ1) is 8.86. The van der Waals surface area contributed by atoms with E-state index in [4.69, 9.17) is 0 Å². The number of alkyl halides is 3. The molecule has 0 fully saturated rings. The second-order valence-electron chi connectivity index (χ2n) is 1.75. The maximum Gasteiger partial charge on any atom is 0.447 e. The van der Waals surface area contributed by atoms with Crippen LogP contribution in [-0.4, -0.2) is 10.5 Å². The van der Waals surface area contributed by atoms with Gasteiger partial charge in [-0.2, -0.15) is 13.2 Å². The van der Waals surface area contributed by atoms with Gasteiger partial charge in [0.2, 0.25) is 0 Å². The van der Waals surface area contributed by atoms with E-state index in [0.29, 0.717) is 5.01 Å². The summed E-state index contributed by atoms with van der Waals surface area (Å²) >= 11 is 1.03. The summed E-state index contributed by atoms with van der Waals surface area (Å²) in [5, 5.41) is 2.07. The third-order valence-corrected chi connectivity index (χ3v) is 2.39. The molecule has 0 atom stereocenters. The average molecular weight is 199 g/mol. The van der Waals surface area contributed by atoms with Gasteiger partial charge in [-0.05, 0) is 6.92 Å². The number of thioether (sulfide) groups is 1. The van der Waals surface area contributed by atoms with Gasteiger partial charge in [-0.3, -0.25) is 0 Å². The molecule has 11 heavy (non-hydrogen) atoms. The van der Waals surface area contributed by atoms with Gasteiger partial charge in [-0.15, -0.1) is 11.3 Å². The molecule has 0 bridgehead atoms. The fourth-order valence-electron chi connectivity index (χ4n) is 0.509. The fourth-order valence-corrected chi connectivity index (χ4v) is 1.80. The maximum absolute atomic E-state index is 11.7. The summed E-state index contributed by atoms with van der Waals surface area (Å²) in [6.07, 6.45) is 0. The van der Waals surface area contributed by atoms with Gasteiger partial charge in [0, 0.05) is 17.1 Å². The molecule has 0 aliphatic heterocycles. The Labute approximate surface area is 69.6 Å². The van der Waals surface area contributed by atoms with E-state index in [2.05, 4.69) is 4.98 Å². The molecule has 1 rings (SSSR count). The van der Waals surface area contributed by atoms with E-state index in [1.807, 2.05) is 0 Å². The lowest BCUT2D eigenvalue weighted by Crippen LogP contribution is -1.98. The third-order valence-electron chi connectivity index (χ3n) is 0.818. The molecule has 0 N–H and O–H groups in total. The molecule has 62 valence electrons. The highest BCUT2D eigenvalue weighted by Crippen LogP contribution is 2.36. The highest BCUT2D eigenvalue weighted by atomic mass is 32.2. The Morgan fingerprint density at radius 1 is 1.55 bits per heavy atom. The van der Waals surface area contributed by atoms with Crippen LogP contribution >= 0.6 is 23.1 Å². The summed E-state index contributed by atoms with van der Waals surface area (Å²) in [4.78, 5) is 3.66. The van der Waals surface area contributed by atoms with Crippen LogP contribution in [0.5, 0.6) is 0 Å². The first-order valence-corrected chi connectivity index (χ1v) is 4.35. The number of hydrogen-bond acceptors (Lipinski definition) is 3. The van der Waals surface area contributed by atoms with Gasteiger partial charge >= 0.3 is 5.51 Å². The highest BCUT2D eigenvalue weighted by molar-refractivity contribution is 8.00. The number of rotatable bonds is 1. The van der Waals surface area contributed by atoms with E-state index in [0.717, 1.165) is 0 Å². The Hall–Kier alpha value is -0.230. The van der Waals surface area contributed by atoms with Gasteiger partial charge < -0.3 is 0 Å². The van der Waals surface area contributed by atoms with E-state index in [1.165, 1.54) is 16.7 Å². The lowest BCUT2D eigenvalue weighted by molar-refractivity contribution is -0.0329. The molecule has 1 aromatic heterocycles. The molecule has 0 spiro atoms. The van der Waals surface area contributed by atoms with Crippen molar-refractivity contribution in [2.75, 3.05) is 0 Å². The minimum absolute atomic E-state index is 0.0278. The van der Waals surface area contributed by atoms with Gasteiger partial charge in [-0.1, -0.05) is 0 Å². The van der Waals surface area contributed by atoms with Crippen molar-refractivity contribution < 1.29 is 13.2 Å². The number of aromatic nitrogens is 1. The third kappa shape index (κ3) is 3.11. The summed E-state index contributed by atoms with van der Waals surface area (Å²) in [6.45, 7) is 1.67. The number of nitrogens with zero attached hydrogens (tertiary/aromatic N) is 1. The molecule has 0 aliphatic carbocycles. The number of thiazole rings is 1. The molecular formula is C5H4F3NS2. The number of halogens is 3. The maximum atomic E-state index is 11.7. The van der Waals surface area contributed by atoms with Crippen LogP contribution in [0.25, 0.3) is 0 Å². The van der Waals surface area contributed by atoms with Crippen molar-refractivity contribution >= 4 is 23.1 Å². The van der Waals surface area contributed by atoms with E-state index < -0.39 is 5.51 Å². The minimum atomic E-state index is -4.22. The molecule has 0 unspecified atom stereocenters. The summed E-state index contributed by atoms with van der Waals surface area (Å²) in [5.41, 5.74) is -4.22. The Morgan fingerprint density at radius 3 is 2.55 bits per heavy atom. The monoisotopic (exact) mass is 199 g/mol. The van der Waals surface area contributed by atoms with Crippen LogP contribution in [-0.2, 0) is 0 Å². The second kappa shape index (κ2) is 3.02. The molecule has 0 saturated carbocycles. The smallest absolute Gasteiger partial charge is 0.235 e. The summed E-state index contributed by atoms with van der Waals surface area (Å²) in [5.74, 6) is 0. The van der Waals surface area contributed by atoms with Crippen LogP contribution in [0.15, 0.2) is 10.4 Å². The van der Waals surface area contributed by atoms with Crippen molar-refractivity contribution in [1.82, 2.24) is 4.98 Å². The highest BCUT2D eigenvalue weighted by Gasteiger charge is 2.30. The predicted molar refractivity (Wildman–Crippen MR) is 38.8 cm³/mol. The quantitative estimate of drug-likeness (QED) is 0.645. The van der Waals surface area contributed by atoms with Crippen molar-refractivity contribution in [3.05, 3.63) is 10.4 Å². The van der Waals surface area contributed by atoms with Crippen molar-refractivity contribution in [2.45, 2.75) is 17.5 Å². The lowest BCUT2D eigenvalue weighted by atomic mass is 10.8. The van der Waals surface area contributed by atoms with Gasteiger partial charge in [0.15, 0.2) is 0 Å². The number of hydrogen-bond donors (Lipinski definition) is 0. The molecule has 0 radical (unpaired) electrons. The lowest BCUT2D eigenvalue weighted by Gasteiger charge is -2.00. The van der Waals surface area contributed by atoms with Crippen molar-refractivity contribution in [3.8, 4) is 0 Å². The van der Waals surface area contributed by atoms with Gasteiger partial charge in [-0.25, -0.2) is 4.98 Å². The molecule has 0 amide bonds. The van der Waals surface area contributed by atoms with E-state index >= 15 is 0 Å². The predicted octanol–water partition coefficient (Wildman–Crippen LogP) is 3.06. The van der Waals surface area contributed by atoms with Crippen LogP contribution in [0.2, 0.25) is 0 Å². The Kier molecular flexibility index (Phi) is 2.43. The zero-order chi connectivity index (χ0) is 8.48. The molecule has 0 aromatic carbocycles. The largest absolute Gasteiger partial charge is 0.447 e.